The molecule has 0 amide bonds. The van der Waals surface area contributed by atoms with Gasteiger partial charge in [-0.1, -0.05) is 0 Å². The Kier molecular flexibility index (Phi) is 12.4. The molecule has 0 atom stereocenters. The molecule has 0 aromatic carbocycles. The van der Waals surface area contributed by atoms with Crippen LogP contribution in [0.25, 0.3) is 0 Å². The summed E-state index contributed by atoms with van der Waals surface area (Å²) >= 11 is 0. The number of carbonyl (C=O) groups excluding carboxylic acids is 3. The van der Waals surface area contributed by atoms with E-state index < -0.39 is 34.5 Å². The molecule has 3 heterocycles. The number of carboxylic acids is 3. The van der Waals surface area contributed by atoms with Crippen LogP contribution in [0.3, 0.4) is 0 Å². The van der Waals surface area contributed by atoms with Crippen LogP contribution >= 0.6 is 0 Å². The third-order valence-corrected chi connectivity index (χ3v) is 7.79. The Hall–Kier alpha value is -1.30. The minimum Gasteiger partial charge on any atom is -0.548 e. The van der Waals surface area contributed by atoms with Gasteiger partial charge in [-0.05, 0) is 122 Å². The van der Waals surface area contributed by atoms with Crippen molar-refractivity contribution in [3.05, 3.63) is 0 Å². The second kappa shape index (κ2) is 12.8. The Labute approximate surface area is 269 Å². The van der Waals surface area contributed by atoms with Crippen molar-refractivity contribution in [2.24, 2.45) is 17.2 Å². The normalized spacial score (nSPS) is 27.7. The fraction of sp³-hybridized carbons (Fsp3) is 0.900. The largest absolute Gasteiger partial charge is 3.00 e. The molecule has 3 aliphatic heterocycles. The van der Waals surface area contributed by atoms with Gasteiger partial charge < -0.3 is 62.9 Å². The van der Waals surface area contributed by atoms with Crippen LogP contribution in [0.15, 0.2) is 0 Å². The number of hydrogen-bond acceptors (Lipinski definition) is 12. The average molecular weight is 625 g/mol. The molecule has 0 aliphatic carbocycles. The first kappa shape index (κ1) is 41.7. The Balaban J connectivity index is 0.000000608. The topological polar surface area (TPSA) is 235 Å². The number of hydrogen-bond donors (Lipinski definition) is 6. The number of carboxylic acid groups (broad SMARTS) is 3. The third kappa shape index (κ3) is 12.2. The van der Waals surface area contributed by atoms with Crippen molar-refractivity contribution in [1.29, 1.82) is 0 Å². The monoisotopic (exact) mass is 624 g/mol. The van der Waals surface area contributed by atoms with E-state index in [1.54, 1.807) is 0 Å². The second-order valence-corrected chi connectivity index (χ2v) is 17.1. The van der Waals surface area contributed by atoms with Gasteiger partial charge in [0.2, 0.25) is 0 Å². The van der Waals surface area contributed by atoms with Gasteiger partial charge in [-0.2, -0.15) is 0 Å². The third-order valence-electron chi connectivity index (χ3n) is 7.79. The smallest absolute Gasteiger partial charge is 0.548 e. The molecule has 3 rings (SSSR count). The SMILES string of the molecule is CC1(C)CC(N)(C(=O)[O-])CC(C)(C)N1.CC1(C)CC(N)(C(=O)[O-])CC(C)(C)N1.CC1(C)CC(N)(C(=O)[O-])CC(C)(C)N1.[Al+3]. The summed E-state index contributed by atoms with van der Waals surface area (Å²) in [5.74, 6) is -3.46. The van der Waals surface area contributed by atoms with Gasteiger partial charge in [-0.15, -0.1) is 0 Å². The molecular weight excluding hydrogens is 567 g/mol. The van der Waals surface area contributed by atoms with Crippen molar-refractivity contribution in [1.82, 2.24) is 16.0 Å². The van der Waals surface area contributed by atoms with E-state index in [2.05, 4.69) is 16.0 Å². The quantitative estimate of drug-likeness (QED) is 0.183. The standard InChI is InChI=1S/3C10H20N2O2.Al/c3*1-8(2)5-10(11,7(13)14)6-9(3,4)12-8;/h3*12H,5-6,11H2,1-4H3,(H,13,14);/q;;;+3/p-3. The summed E-state index contributed by atoms with van der Waals surface area (Å²) in [5, 5.41) is 43.1. The van der Waals surface area contributed by atoms with E-state index in [1.165, 1.54) is 0 Å². The molecule has 0 unspecified atom stereocenters. The Morgan fingerprint density at radius 2 is 0.535 bits per heavy atom. The summed E-state index contributed by atoms with van der Waals surface area (Å²) in [5.41, 5.74) is 12.3. The predicted molar refractivity (Wildman–Crippen MR) is 163 cm³/mol. The number of nitrogens with one attached hydrogen (secondary N) is 3. The van der Waals surface area contributed by atoms with Crippen LogP contribution in [0.4, 0.5) is 0 Å². The molecule has 3 fully saturated rings. The van der Waals surface area contributed by atoms with Crippen LogP contribution < -0.4 is 48.5 Å². The predicted octanol–water partition coefficient (Wildman–Crippen LogP) is -2.26. The fourth-order valence-electron chi connectivity index (χ4n) is 8.37. The first-order valence-corrected chi connectivity index (χ1v) is 14.6. The fourth-order valence-corrected chi connectivity index (χ4v) is 8.37. The zero-order chi connectivity index (χ0) is 33.6. The maximum atomic E-state index is 11.0. The van der Waals surface area contributed by atoms with Crippen molar-refractivity contribution in [2.75, 3.05) is 0 Å². The van der Waals surface area contributed by atoms with Gasteiger partial charge in [-0.25, -0.2) is 0 Å². The molecular formula is C30H57AlN6O6. The molecule has 43 heavy (non-hydrogen) atoms. The second-order valence-electron chi connectivity index (χ2n) is 17.1. The van der Waals surface area contributed by atoms with Crippen LogP contribution in [0.2, 0.25) is 0 Å². The summed E-state index contributed by atoms with van der Waals surface area (Å²) in [7, 11) is 0. The van der Waals surface area contributed by atoms with Crippen LogP contribution in [0.1, 0.15) is 122 Å². The average Bonchev–Trinajstić information content (AvgIpc) is 2.59. The molecule has 0 saturated carbocycles. The van der Waals surface area contributed by atoms with E-state index in [9.17, 15) is 29.7 Å². The van der Waals surface area contributed by atoms with Crippen LogP contribution in [0, 0.1) is 0 Å². The van der Waals surface area contributed by atoms with Gasteiger partial charge in [0.1, 0.15) is 0 Å². The summed E-state index contributed by atoms with van der Waals surface area (Å²) < 4.78 is 0. The maximum absolute atomic E-state index is 11.0. The van der Waals surface area contributed by atoms with E-state index in [-0.39, 0.29) is 50.6 Å². The molecule has 9 N–H and O–H groups in total. The first-order valence-electron chi connectivity index (χ1n) is 14.6. The van der Waals surface area contributed by atoms with Crippen molar-refractivity contribution in [3.63, 3.8) is 0 Å². The molecule has 0 spiro atoms. The minimum atomic E-state index is -1.21. The van der Waals surface area contributed by atoms with Gasteiger partial charge in [0.15, 0.2) is 0 Å². The zero-order valence-corrected chi connectivity index (χ0v) is 29.7. The Morgan fingerprint density at radius 1 is 0.419 bits per heavy atom. The summed E-state index contributed by atoms with van der Waals surface area (Å²) in [6.45, 7) is 23.5. The molecule has 0 radical (unpaired) electrons. The number of nitrogens with two attached hydrogens (primary N) is 3. The Bertz CT molecular complexity index is 864. The Morgan fingerprint density at radius 3 is 0.628 bits per heavy atom. The van der Waals surface area contributed by atoms with Crippen molar-refractivity contribution < 1.29 is 29.7 Å². The van der Waals surface area contributed by atoms with Gasteiger partial charge >= 0.3 is 17.4 Å². The molecule has 246 valence electrons. The molecule has 13 heteroatoms. The van der Waals surface area contributed by atoms with Crippen molar-refractivity contribution in [2.45, 2.75) is 171 Å². The van der Waals surface area contributed by atoms with E-state index in [4.69, 9.17) is 17.2 Å². The van der Waals surface area contributed by atoms with Gasteiger partial charge in [0.25, 0.3) is 0 Å². The van der Waals surface area contributed by atoms with Crippen LogP contribution in [-0.2, 0) is 14.4 Å². The molecule has 3 aliphatic rings. The van der Waals surface area contributed by atoms with Gasteiger partial charge in [0, 0.05) is 33.2 Å². The van der Waals surface area contributed by atoms with Crippen molar-refractivity contribution >= 4 is 35.3 Å². The van der Waals surface area contributed by atoms with E-state index >= 15 is 0 Å². The van der Waals surface area contributed by atoms with Crippen molar-refractivity contribution in [3.8, 4) is 0 Å². The van der Waals surface area contributed by atoms with E-state index in [0.717, 1.165) is 0 Å². The van der Waals surface area contributed by atoms with Crippen LogP contribution in [0.5, 0.6) is 0 Å². The number of rotatable bonds is 3. The van der Waals surface area contributed by atoms with E-state index in [0.29, 0.717) is 38.5 Å². The molecule has 12 nitrogen and oxygen atoms in total. The summed E-state index contributed by atoms with van der Waals surface area (Å²) in [6.07, 6.45) is 2.37. The number of aliphatic carboxylic acids is 3. The molecule has 0 aromatic heterocycles. The zero-order valence-electron chi connectivity index (χ0n) is 28.5. The van der Waals surface area contributed by atoms with Gasteiger partial charge in [0.05, 0.1) is 34.5 Å². The molecule has 3 saturated heterocycles. The van der Waals surface area contributed by atoms with Gasteiger partial charge in [-0.3, -0.25) is 0 Å². The summed E-state index contributed by atoms with van der Waals surface area (Å²) in [6, 6.07) is 0. The minimum absolute atomic E-state index is 0. The summed E-state index contributed by atoms with van der Waals surface area (Å²) in [4.78, 5) is 33.0. The van der Waals surface area contributed by atoms with E-state index in [1.807, 2.05) is 83.1 Å². The number of carbonyl (C=O) groups is 3. The molecule has 0 aromatic rings. The molecule has 0 bridgehead atoms. The maximum Gasteiger partial charge on any atom is 3.00 e. The van der Waals surface area contributed by atoms with Crippen LogP contribution in [-0.4, -0.2) is 85.1 Å². The first-order chi connectivity index (χ1) is 18.2. The number of piperidine rings is 3.